The molecule has 1 aliphatic rings. The van der Waals surface area contributed by atoms with Crippen LogP contribution in [0.4, 0.5) is 0 Å². The van der Waals surface area contributed by atoms with Crippen LogP contribution in [0.1, 0.15) is 6.42 Å². The largest absolute Gasteiger partial charge is 0.497 e. The molecule has 1 saturated heterocycles. The predicted octanol–water partition coefficient (Wildman–Crippen LogP) is 1.85. The molecule has 0 aliphatic carbocycles. The van der Waals surface area contributed by atoms with Gasteiger partial charge in [-0.2, -0.15) is 4.31 Å². The van der Waals surface area contributed by atoms with Gasteiger partial charge in [-0.05, 0) is 53.0 Å². The summed E-state index contributed by atoms with van der Waals surface area (Å²) < 4.78 is 32.1. The van der Waals surface area contributed by atoms with Gasteiger partial charge in [-0.15, -0.1) is 12.4 Å². The third-order valence-corrected chi connectivity index (χ3v) is 6.18. The molecule has 5 nitrogen and oxygen atoms in total. The molecule has 2 N–H and O–H groups in total. The number of halogens is 2. The highest BCUT2D eigenvalue weighted by atomic mass is 79.9. The number of methoxy groups -OCH3 is 1. The fraction of sp³-hybridized carbons (Fsp3) is 0.500. The van der Waals surface area contributed by atoms with Crippen molar-refractivity contribution in [1.82, 2.24) is 4.31 Å². The molecule has 0 bridgehead atoms. The van der Waals surface area contributed by atoms with E-state index in [-0.39, 0.29) is 23.2 Å². The summed E-state index contributed by atoms with van der Waals surface area (Å²) in [7, 11) is -1.92. The van der Waals surface area contributed by atoms with E-state index in [0.29, 0.717) is 29.9 Å². The summed E-state index contributed by atoms with van der Waals surface area (Å²) in [4.78, 5) is 0.269. The van der Waals surface area contributed by atoms with Gasteiger partial charge in [-0.1, -0.05) is 0 Å². The van der Waals surface area contributed by atoms with Crippen LogP contribution in [0, 0.1) is 5.92 Å². The molecule has 0 saturated carbocycles. The molecule has 1 heterocycles. The Hall–Kier alpha value is -0.340. The summed E-state index contributed by atoms with van der Waals surface area (Å²) in [5.41, 5.74) is 5.60. The van der Waals surface area contributed by atoms with Crippen molar-refractivity contribution in [3.63, 3.8) is 0 Å². The second kappa shape index (κ2) is 7.09. The van der Waals surface area contributed by atoms with E-state index in [0.717, 1.165) is 6.42 Å². The second-order valence-electron chi connectivity index (χ2n) is 4.55. The zero-order chi connectivity index (χ0) is 14.0. The van der Waals surface area contributed by atoms with Gasteiger partial charge in [0.2, 0.25) is 10.0 Å². The van der Waals surface area contributed by atoms with Crippen molar-refractivity contribution in [3.8, 4) is 5.75 Å². The standard InChI is InChI=1S/C12H17BrN2O3S.ClH/c1-18-10-2-3-12(11(13)6-10)19(16,17)15-5-4-9(7-14)8-15;/h2-3,6,9H,4-5,7-8,14H2,1H3;1H. The summed E-state index contributed by atoms with van der Waals surface area (Å²) in [5, 5.41) is 0. The lowest BCUT2D eigenvalue weighted by atomic mass is 10.1. The topological polar surface area (TPSA) is 72.6 Å². The molecule has 20 heavy (non-hydrogen) atoms. The third-order valence-electron chi connectivity index (χ3n) is 3.34. The van der Waals surface area contributed by atoms with Crippen molar-refractivity contribution < 1.29 is 13.2 Å². The van der Waals surface area contributed by atoms with Crippen molar-refractivity contribution in [3.05, 3.63) is 22.7 Å². The van der Waals surface area contributed by atoms with Gasteiger partial charge in [0.1, 0.15) is 5.75 Å². The number of hydrogen-bond acceptors (Lipinski definition) is 4. The summed E-state index contributed by atoms with van der Waals surface area (Å²) in [6.45, 7) is 1.55. The molecule has 0 aromatic heterocycles. The third kappa shape index (κ3) is 3.46. The normalized spacial score (nSPS) is 19.6. The van der Waals surface area contributed by atoms with E-state index in [1.54, 1.807) is 25.3 Å². The minimum Gasteiger partial charge on any atom is -0.497 e. The van der Waals surface area contributed by atoms with Crippen molar-refractivity contribution in [2.75, 3.05) is 26.7 Å². The van der Waals surface area contributed by atoms with Crippen LogP contribution in [0.3, 0.4) is 0 Å². The maximum Gasteiger partial charge on any atom is 0.244 e. The molecule has 1 atom stereocenters. The Bertz CT molecular complexity index is 568. The monoisotopic (exact) mass is 384 g/mol. The number of sulfonamides is 1. The number of benzene rings is 1. The molecule has 2 rings (SSSR count). The van der Waals surface area contributed by atoms with Gasteiger partial charge in [0.05, 0.1) is 12.0 Å². The molecule has 8 heteroatoms. The van der Waals surface area contributed by atoms with Gasteiger partial charge in [0.15, 0.2) is 0 Å². The Morgan fingerprint density at radius 3 is 2.70 bits per heavy atom. The van der Waals surface area contributed by atoms with Gasteiger partial charge >= 0.3 is 0 Å². The lowest BCUT2D eigenvalue weighted by molar-refractivity contribution is 0.414. The van der Waals surface area contributed by atoms with E-state index in [4.69, 9.17) is 10.5 Å². The van der Waals surface area contributed by atoms with Gasteiger partial charge in [0, 0.05) is 17.6 Å². The van der Waals surface area contributed by atoms with Crippen LogP contribution >= 0.6 is 28.3 Å². The quantitative estimate of drug-likeness (QED) is 0.858. The summed E-state index contributed by atoms with van der Waals surface area (Å²) in [5.74, 6) is 0.874. The van der Waals surface area contributed by atoms with Crippen LogP contribution in [0.25, 0.3) is 0 Å². The Balaban J connectivity index is 0.00000200. The molecule has 1 unspecified atom stereocenters. The Kier molecular flexibility index (Phi) is 6.27. The van der Waals surface area contributed by atoms with E-state index in [1.807, 2.05) is 0 Å². The summed E-state index contributed by atoms with van der Waals surface area (Å²) in [6, 6.07) is 4.87. The lowest BCUT2D eigenvalue weighted by Gasteiger charge is -2.17. The lowest BCUT2D eigenvalue weighted by Crippen LogP contribution is -2.30. The smallest absolute Gasteiger partial charge is 0.244 e. The Labute approximate surface area is 134 Å². The number of ether oxygens (including phenoxy) is 1. The number of rotatable bonds is 4. The first-order chi connectivity index (χ1) is 8.98. The second-order valence-corrected chi connectivity index (χ2v) is 7.31. The molecule has 0 amide bonds. The molecule has 114 valence electrons. The molecule has 1 fully saturated rings. The van der Waals surface area contributed by atoms with Crippen LogP contribution in [0.15, 0.2) is 27.6 Å². The van der Waals surface area contributed by atoms with Gasteiger partial charge in [-0.25, -0.2) is 8.42 Å². The number of nitrogens with two attached hydrogens (primary N) is 1. The first-order valence-electron chi connectivity index (χ1n) is 6.02. The van der Waals surface area contributed by atoms with Crippen LogP contribution in [-0.2, 0) is 10.0 Å². The van der Waals surface area contributed by atoms with Crippen LogP contribution < -0.4 is 10.5 Å². The highest BCUT2D eigenvalue weighted by Gasteiger charge is 2.33. The van der Waals surface area contributed by atoms with Gasteiger partial charge in [-0.3, -0.25) is 0 Å². The van der Waals surface area contributed by atoms with Crippen molar-refractivity contribution >= 4 is 38.4 Å². The number of nitrogens with zero attached hydrogens (tertiary/aromatic N) is 1. The maximum atomic E-state index is 12.5. The fourth-order valence-corrected chi connectivity index (χ4v) is 4.71. The first-order valence-corrected chi connectivity index (χ1v) is 8.26. The predicted molar refractivity (Wildman–Crippen MR) is 83.9 cm³/mol. The highest BCUT2D eigenvalue weighted by molar-refractivity contribution is 9.10. The fourth-order valence-electron chi connectivity index (χ4n) is 2.16. The average Bonchev–Trinajstić information content (AvgIpc) is 2.87. The SMILES string of the molecule is COc1ccc(S(=O)(=O)N2CCC(CN)C2)c(Br)c1.Cl. The number of hydrogen-bond donors (Lipinski definition) is 1. The molecule has 0 spiro atoms. The van der Waals surface area contributed by atoms with E-state index in [1.165, 1.54) is 4.31 Å². The van der Waals surface area contributed by atoms with Crippen molar-refractivity contribution in [2.24, 2.45) is 11.7 Å². The summed E-state index contributed by atoms with van der Waals surface area (Å²) >= 11 is 3.29. The highest BCUT2D eigenvalue weighted by Crippen LogP contribution is 2.31. The minimum absolute atomic E-state index is 0. The van der Waals surface area contributed by atoms with Gasteiger partial charge in [0.25, 0.3) is 0 Å². The molecule has 1 aromatic rings. The van der Waals surface area contributed by atoms with Gasteiger partial charge < -0.3 is 10.5 Å². The maximum absolute atomic E-state index is 12.5. The van der Waals surface area contributed by atoms with Crippen molar-refractivity contribution in [2.45, 2.75) is 11.3 Å². The van der Waals surface area contributed by atoms with E-state index < -0.39 is 10.0 Å². The zero-order valence-electron chi connectivity index (χ0n) is 11.1. The molecule has 1 aliphatic heterocycles. The molecular weight excluding hydrogens is 368 g/mol. The van der Waals surface area contributed by atoms with E-state index >= 15 is 0 Å². The van der Waals surface area contributed by atoms with E-state index in [2.05, 4.69) is 15.9 Å². The van der Waals surface area contributed by atoms with Crippen LogP contribution in [0.2, 0.25) is 0 Å². The first kappa shape index (κ1) is 17.7. The van der Waals surface area contributed by atoms with Crippen molar-refractivity contribution in [1.29, 1.82) is 0 Å². The Morgan fingerprint density at radius 1 is 1.50 bits per heavy atom. The molecular formula is C12H18BrClN2O3S. The van der Waals surface area contributed by atoms with Crippen LogP contribution in [-0.4, -0.2) is 39.5 Å². The average molecular weight is 386 g/mol. The summed E-state index contributed by atoms with van der Waals surface area (Å²) in [6.07, 6.45) is 0.823. The zero-order valence-corrected chi connectivity index (χ0v) is 14.3. The molecule has 0 radical (unpaired) electrons. The Morgan fingerprint density at radius 2 is 2.20 bits per heavy atom. The van der Waals surface area contributed by atoms with E-state index in [9.17, 15) is 8.42 Å². The molecule has 1 aromatic carbocycles. The minimum atomic E-state index is -3.46. The van der Waals surface area contributed by atoms with Crippen LogP contribution in [0.5, 0.6) is 5.75 Å².